The quantitative estimate of drug-likeness (QED) is 0.541. The van der Waals surface area contributed by atoms with Crippen LogP contribution >= 0.6 is 15.9 Å². The van der Waals surface area contributed by atoms with Crippen LogP contribution in [0.3, 0.4) is 0 Å². The maximum atomic E-state index is 14.1. The summed E-state index contributed by atoms with van der Waals surface area (Å²) >= 11 is 3.27. The average Bonchev–Trinajstić information content (AvgIpc) is 3.16. The zero-order valence-corrected chi connectivity index (χ0v) is 14.4. The number of hydrogen-bond donors (Lipinski definition) is 0. The molecule has 24 heavy (non-hydrogen) atoms. The fourth-order valence-corrected chi connectivity index (χ4v) is 2.94. The van der Waals surface area contributed by atoms with Gasteiger partial charge in [0.1, 0.15) is 5.82 Å². The van der Waals surface area contributed by atoms with E-state index in [-0.39, 0.29) is 5.82 Å². The molecule has 0 aliphatic rings. The van der Waals surface area contributed by atoms with E-state index in [0.717, 1.165) is 27.1 Å². The van der Waals surface area contributed by atoms with E-state index in [1.807, 2.05) is 31.4 Å². The van der Waals surface area contributed by atoms with Gasteiger partial charge in [0.15, 0.2) is 5.65 Å². The molecule has 0 bridgehead atoms. The normalized spacial score (nSPS) is 11.3. The minimum Gasteiger partial charge on any atom is -0.275 e. The lowest BCUT2D eigenvalue weighted by Gasteiger charge is -2.05. The van der Waals surface area contributed by atoms with Crippen molar-refractivity contribution in [3.8, 4) is 11.3 Å². The molecule has 3 heterocycles. The van der Waals surface area contributed by atoms with Gasteiger partial charge in [-0.05, 0) is 29.8 Å². The fraction of sp³-hybridized carbons (Fsp3) is 0.118. The van der Waals surface area contributed by atoms with Gasteiger partial charge in [0.05, 0.1) is 23.8 Å². The van der Waals surface area contributed by atoms with Crippen molar-refractivity contribution in [2.45, 2.75) is 6.42 Å². The van der Waals surface area contributed by atoms with E-state index in [0.29, 0.717) is 12.0 Å². The van der Waals surface area contributed by atoms with E-state index < -0.39 is 0 Å². The van der Waals surface area contributed by atoms with Crippen molar-refractivity contribution in [2.24, 2.45) is 7.05 Å². The highest BCUT2D eigenvalue weighted by atomic mass is 79.9. The Balaban J connectivity index is 1.75. The van der Waals surface area contributed by atoms with Crippen molar-refractivity contribution in [1.29, 1.82) is 0 Å². The van der Waals surface area contributed by atoms with Crippen LogP contribution in [0.4, 0.5) is 4.39 Å². The SMILES string of the molecule is Cn1cc(-c2ccc3ncc(Cc4ccc(Br)cc4F)n3n2)cn1. The minimum atomic E-state index is -0.247. The van der Waals surface area contributed by atoms with Crippen LogP contribution in [0.15, 0.2) is 53.4 Å². The van der Waals surface area contributed by atoms with Gasteiger partial charge >= 0.3 is 0 Å². The van der Waals surface area contributed by atoms with Gasteiger partial charge in [-0.15, -0.1) is 0 Å². The molecule has 5 nitrogen and oxygen atoms in total. The largest absolute Gasteiger partial charge is 0.275 e. The molecule has 120 valence electrons. The van der Waals surface area contributed by atoms with Crippen molar-refractivity contribution in [3.05, 3.63) is 70.5 Å². The summed E-state index contributed by atoms with van der Waals surface area (Å²) in [5.41, 5.74) is 3.89. The third-order valence-corrected chi connectivity index (χ3v) is 4.31. The molecule has 0 aliphatic carbocycles. The van der Waals surface area contributed by atoms with E-state index in [9.17, 15) is 4.39 Å². The number of halogens is 2. The number of fused-ring (bicyclic) bond motifs is 1. The molecular weight excluding hydrogens is 373 g/mol. The Labute approximate surface area is 145 Å². The van der Waals surface area contributed by atoms with Crippen LogP contribution in [0, 0.1) is 5.82 Å². The standard InChI is InChI=1S/C17H13BrFN5/c1-23-10-12(8-21-23)16-4-5-17-20-9-14(24(17)22-16)6-11-2-3-13(18)7-15(11)19/h2-5,7-10H,6H2,1H3. The summed E-state index contributed by atoms with van der Waals surface area (Å²) in [5, 5.41) is 8.80. The van der Waals surface area contributed by atoms with Crippen molar-refractivity contribution < 1.29 is 4.39 Å². The maximum Gasteiger partial charge on any atom is 0.153 e. The molecule has 4 aromatic rings. The highest BCUT2D eigenvalue weighted by Crippen LogP contribution is 2.20. The molecule has 0 spiro atoms. The molecule has 7 heteroatoms. The predicted octanol–water partition coefficient (Wildman–Crippen LogP) is 3.62. The highest BCUT2D eigenvalue weighted by molar-refractivity contribution is 9.10. The lowest BCUT2D eigenvalue weighted by atomic mass is 10.1. The molecule has 0 radical (unpaired) electrons. The van der Waals surface area contributed by atoms with E-state index in [1.165, 1.54) is 6.07 Å². The summed E-state index contributed by atoms with van der Waals surface area (Å²) in [6.07, 6.45) is 5.82. The molecule has 0 saturated carbocycles. The minimum absolute atomic E-state index is 0.247. The number of benzene rings is 1. The van der Waals surface area contributed by atoms with E-state index in [2.05, 4.69) is 31.1 Å². The number of aryl methyl sites for hydroxylation is 1. The van der Waals surface area contributed by atoms with Crippen LogP contribution in [0.1, 0.15) is 11.3 Å². The molecule has 0 aliphatic heterocycles. The Kier molecular flexibility index (Phi) is 3.65. The van der Waals surface area contributed by atoms with E-state index in [1.54, 1.807) is 27.7 Å². The van der Waals surface area contributed by atoms with Gasteiger partial charge < -0.3 is 0 Å². The summed E-state index contributed by atoms with van der Waals surface area (Å²) in [6, 6.07) is 8.87. The molecule has 0 amide bonds. The molecule has 0 saturated heterocycles. The molecule has 3 aromatic heterocycles. The van der Waals surface area contributed by atoms with Gasteiger partial charge in [0, 0.05) is 29.7 Å². The zero-order valence-electron chi connectivity index (χ0n) is 12.8. The van der Waals surface area contributed by atoms with Crippen molar-refractivity contribution in [3.63, 3.8) is 0 Å². The summed E-state index contributed by atoms with van der Waals surface area (Å²) in [6.45, 7) is 0. The van der Waals surface area contributed by atoms with Gasteiger partial charge in [-0.2, -0.15) is 10.2 Å². The molecular formula is C17H13BrFN5. The first-order chi connectivity index (χ1) is 11.6. The second-order valence-corrected chi connectivity index (χ2v) is 6.47. The molecule has 0 atom stereocenters. The number of aromatic nitrogens is 5. The van der Waals surface area contributed by atoms with E-state index in [4.69, 9.17) is 0 Å². The fourth-order valence-electron chi connectivity index (χ4n) is 2.61. The Morgan fingerprint density at radius 3 is 2.79 bits per heavy atom. The third-order valence-electron chi connectivity index (χ3n) is 3.82. The number of imidazole rings is 1. The maximum absolute atomic E-state index is 14.1. The van der Waals surface area contributed by atoms with Gasteiger partial charge in [0.25, 0.3) is 0 Å². The van der Waals surface area contributed by atoms with Crippen LogP contribution in [-0.2, 0) is 13.5 Å². The topological polar surface area (TPSA) is 48.0 Å². The van der Waals surface area contributed by atoms with Crippen LogP contribution in [-0.4, -0.2) is 24.4 Å². The average molecular weight is 386 g/mol. The number of nitrogens with zero attached hydrogens (tertiary/aromatic N) is 5. The van der Waals surface area contributed by atoms with Crippen LogP contribution < -0.4 is 0 Å². The number of rotatable bonds is 3. The third kappa shape index (κ3) is 2.71. The second kappa shape index (κ2) is 5.83. The molecule has 0 N–H and O–H groups in total. The smallest absolute Gasteiger partial charge is 0.153 e. The summed E-state index contributed by atoms with van der Waals surface area (Å²) in [5.74, 6) is -0.247. The lowest BCUT2D eigenvalue weighted by Crippen LogP contribution is -2.01. The second-order valence-electron chi connectivity index (χ2n) is 5.55. The first-order valence-corrected chi connectivity index (χ1v) is 8.16. The van der Waals surface area contributed by atoms with Crippen LogP contribution in [0.25, 0.3) is 16.9 Å². The van der Waals surface area contributed by atoms with Crippen LogP contribution in [0.2, 0.25) is 0 Å². The number of hydrogen-bond acceptors (Lipinski definition) is 3. The summed E-state index contributed by atoms with van der Waals surface area (Å²) < 4.78 is 18.3. The molecule has 4 rings (SSSR count). The molecule has 0 unspecified atom stereocenters. The van der Waals surface area contributed by atoms with Crippen molar-refractivity contribution in [1.82, 2.24) is 24.4 Å². The lowest BCUT2D eigenvalue weighted by molar-refractivity contribution is 0.611. The van der Waals surface area contributed by atoms with Gasteiger partial charge in [-0.25, -0.2) is 13.9 Å². The van der Waals surface area contributed by atoms with Crippen molar-refractivity contribution >= 4 is 21.6 Å². The Morgan fingerprint density at radius 1 is 1.17 bits per heavy atom. The van der Waals surface area contributed by atoms with Gasteiger partial charge in [-0.3, -0.25) is 4.68 Å². The Hall–Kier alpha value is -2.54. The zero-order chi connectivity index (χ0) is 16.7. The predicted molar refractivity (Wildman–Crippen MR) is 92.1 cm³/mol. The Bertz CT molecular complexity index is 1040. The summed E-state index contributed by atoms with van der Waals surface area (Å²) in [7, 11) is 1.86. The highest BCUT2D eigenvalue weighted by Gasteiger charge is 2.11. The monoisotopic (exact) mass is 385 g/mol. The summed E-state index contributed by atoms with van der Waals surface area (Å²) in [4.78, 5) is 4.35. The first-order valence-electron chi connectivity index (χ1n) is 7.37. The Morgan fingerprint density at radius 2 is 2.04 bits per heavy atom. The first kappa shape index (κ1) is 15.0. The van der Waals surface area contributed by atoms with E-state index >= 15 is 0 Å². The molecule has 1 aromatic carbocycles. The van der Waals surface area contributed by atoms with Gasteiger partial charge in [-0.1, -0.05) is 22.0 Å². The van der Waals surface area contributed by atoms with Crippen LogP contribution in [0.5, 0.6) is 0 Å². The van der Waals surface area contributed by atoms with Gasteiger partial charge in [0.2, 0.25) is 0 Å². The molecule has 0 fully saturated rings. The van der Waals surface area contributed by atoms with Crippen molar-refractivity contribution in [2.75, 3.05) is 0 Å².